The third-order valence-corrected chi connectivity index (χ3v) is 8.94. The van der Waals surface area contributed by atoms with Crippen molar-refractivity contribution in [1.82, 2.24) is 15.2 Å². The van der Waals surface area contributed by atoms with Gasteiger partial charge in [-0.25, -0.2) is 0 Å². The molecule has 0 saturated heterocycles. The van der Waals surface area contributed by atoms with Crippen LogP contribution in [0.1, 0.15) is 41.9 Å². The molecule has 2 aliphatic carbocycles. The quantitative estimate of drug-likeness (QED) is 0.245. The van der Waals surface area contributed by atoms with Crippen LogP contribution in [0.15, 0.2) is 128 Å². The zero-order chi connectivity index (χ0) is 28.0. The Morgan fingerprint density at radius 2 is 1.46 bits per heavy atom. The number of fused-ring (bicyclic) bond motifs is 2. The van der Waals surface area contributed by atoms with Crippen LogP contribution in [0.3, 0.4) is 0 Å². The summed E-state index contributed by atoms with van der Waals surface area (Å²) in [6, 6.07) is 34.0. The molecule has 1 N–H and O–H groups in total. The smallest absolute Gasteiger partial charge is 0.128 e. The molecule has 0 saturated carbocycles. The van der Waals surface area contributed by atoms with Crippen LogP contribution in [0.2, 0.25) is 0 Å². The normalized spacial score (nSPS) is 22.1. The van der Waals surface area contributed by atoms with Gasteiger partial charge in [-0.15, -0.1) is 0 Å². The van der Waals surface area contributed by atoms with Gasteiger partial charge in [0.2, 0.25) is 0 Å². The molecule has 2 heterocycles. The maximum absolute atomic E-state index is 6.53. The van der Waals surface area contributed by atoms with Gasteiger partial charge in [0.15, 0.2) is 0 Å². The second kappa shape index (κ2) is 9.74. The third-order valence-electron chi connectivity index (χ3n) is 8.94. The number of aromatic nitrogens is 3. The van der Waals surface area contributed by atoms with Gasteiger partial charge in [0.25, 0.3) is 0 Å². The first-order chi connectivity index (χ1) is 20.0. The molecule has 0 amide bonds. The first kappa shape index (κ1) is 25.3. The summed E-state index contributed by atoms with van der Waals surface area (Å²) in [4.78, 5) is 5.04. The van der Waals surface area contributed by atoms with Crippen LogP contribution in [0, 0.1) is 18.8 Å². The van der Waals surface area contributed by atoms with Gasteiger partial charge >= 0.3 is 0 Å². The highest BCUT2D eigenvalue weighted by molar-refractivity contribution is 5.62. The van der Waals surface area contributed by atoms with Crippen molar-refractivity contribution in [3.05, 3.63) is 156 Å². The van der Waals surface area contributed by atoms with Crippen molar-refractivity contribution < 1.29 is 4.74 Å². The van der Waals surface area contributed by atoms with Gasteiger partial charge < -0.3 is 4.74 Å². The van der Waals surface area contributed by atoms with Crippen LogP contribution in [0.25, 0.3) is 11.3 Å². The Labute approximate surface area is 241 Å². The minimum absolute atomic E-state index is 0.0417. The lowest BCUT2D eigenvalue weighted by Gasteiger charge is -2.55. The topological polar surface area (TPSA) is 50.8 Å². The second-order valence-corrected chi connectivity index (χ2v) is 11.7. The summed E-state index contributed by atoms with van der Waals surface area (Å²) in [6.07, 6.45) is 11.1. The summed E-state index contributed by atoms with van der Waals surface area (Å²) in [7, 11) is 0. The molecule has 0 spiro atoms. The summed E-state index contributed by atoms with van der Waals surface area (Å²) < 4.78 is 6.53. The van der Waals surface area contributed by atoms with Crippen LogP contribution in [0.4, 0.5) is 0 Å². The van der Waals surface area contributed by atoms with Gasteiger partial charge in [-0.3, -0.25) is 10.1 Å². The van der Waals surface area contributed by atoms with Crippen molar-refractivity contribution in [1.29, 1.82) is 0 Å². The van der Waals surface area contributed by atoms with E-state index in [4.69, 9.17) is 9.72 Å². The van der Waals surface area contributed by atoms with Crippen molar-refractivity contribution in [2.75, 3.05) is 0 Å². The van der Waals surface area contributed by atoms with E-state index >= 15 is 0 Å². The maximum Gasteiger partial charge on any atom is 0.128 e. The Morgan fingerprint density at radius 3 is 2.22 bits per heavy atom. The number of nitrogens with zero attached hydrogens (tertiary/aromatic N) is 2. The lowest BCUT2D eigenvalue weighted by Crippen LogP contribution is -2.52. The minimum Gasteiger partial charge on any atom is -0.457 e. The fourth-order valence-electron chi connectivity index (χ4n) is 7.08. The van der Waals surface area contributed by atoms with Gasteiger partial charge in [-0.2, -0.15) is 5.10 Å². The molecule has 5 aromatic rings. The van der Waals surface area contributed by atoms with Gasteiger partial charge in [-0.05, 0) is 77.4 Å². The molecule has 202 valence electrons. The van der Waals surface area contributed by atoms with Crippen molar-refractivity contribution in [3.63, 3.8) is 0 Å². The van der Waals surface area contributed by atoms with E-state index in [1.54, 1.807) is 0 Å². The highest BCUT2D eigenvalue weighted by Crippen LogP contribution is 2.59. The predicted molar refractivity (Wildman–Crippen MR) is 164 cm³/mol. The number of hydrogen-bond donors (Lipinski definition) is 1. The Bertz CT molecular complexity index is 1780. The molecular weight excluding hydrogens is 502 g/mol. The van der Waals surface area contributed by atoms with E-state index in [0.717, 1.165) is 34.1 Å². The summed E-state index contributed by atoms with van der Waals surface area (Å²) in [5.41, 5.74) is 7.29. The van der Waals surface area contributed by atoms with Gasteiger partial charge in [-0.1, -0.05) is 92.7 Å². The van der Waals surface area contributed by atoms with E-state index in [-0.39, 0.29) is 11.3 Å². The molecule has 0 bridgehead atoms. The largest absolute Gasteiger partial charge is 0.457 e. The highest BCUT2D eigenvalue weighted by atomic mass is 16.5. The van der Waals surface area contributed by atoms with Crippen molar-refractivity contribution in [3.8, 4) is 22.8 Å². The molecule has 2 aliphatic rings. The Balaban J connectivity index is 1.40. The van der Waals surface area contributed by atoms with Crippen LogP contribution < -0.4 is 4.74 Å². The molecule has 7 rings (SSSR count). The molecule has 0 radical (unpaired) electrons. The number of rotatable bonds is 5. The van der Waals surface area contributed by atoms with Crippen molar-refractivity contribution >= 4 is 0 Å². The molecule has 0 aliphatic heterocycles. The molecular formula is C37H33N3O. The average Bonchev–Trinajstić information content (AvgIpc) is 3.45. The van der Waals surface area contributed by atoms with E-state index in [0.29, 0.717) is 5.92 Å². The first-order valence-electron chi connectivity index (χ1n) is 14.3. The molecule has 4 heteroatoms. The van der Waals surface area contributed by atoms with Crippen LogP contribution in [-0.4, -0.2) is 15.2 Å². The average molecular weight is 536 g/mol. The number of aryl methyl sites for hydroxylation is 1. The van der Waals surface area contributed by atoms with E-state index < -0.39 is 5.41 Å². The SMILES string of the molecule is Cc1cc(-c2cccc(Oc3cccc([C@]4(c5ccccn5)c5ccccc5C(C)(C)C5C=CC=C[C@H]54)c3)c2)n[nH]1. The second-order valence-electron chi connectivity index (χ2n) is 11.7. The number of H-pyrrole nitrogens is 1. The third kappa shape index (κ3) is 4.05. The van der Waals surface area contributed by atoms with Crippen LogP contribution >= 0.6 is 0 Å². The molecule has 3 aromatic carbocycles. The number of benzene rings is 3. The Morgan fingerprint density at radius 1 is 0.732 bits per heavy atom. The Kier molecular flexibility index (Phi) is 6.01. The fourth-order valence-corrected chi connectivity index (χ4v) is 7.08. The molecule has 3 atom stereocenters. The zero-order valence-electron chi connectivity index (χ0n) is 23.6. The molecule has 2 aromatic heterocycles. The van der Waals surface area contributed by atoms with Gasteiger partial charge in [0, 0.05) is 23.4 Å². The molecule has 41 heavy (non-hydrogen) atoms. The van der Waals surface area contributed by atoms with Crippen molar-refractivity contribution in [2.24, 2.45) is 11.8 Å². The van der Waals surface area contributed by atoms with E-state index in [9.17, 15) is 0 Å². The number of allylic oxidation sites excluding steroid dienone is 4. The maximum atomic E-state index is 6.53. The number of aromatic amines is 1. The van der Waals surface area contributed by atoms with Gasteiger partial charge in [0.1, 0.15) is 11.5 Å². The predicted octanol–water partition coefficient (Wildman–Crippen LogP) is 8.56. The highest BCUT2D eigenvalue weighted by Gasteiger charge is 2.56. The van der Waals surface area contributed by atoms with E-state index in [1.807, 2.05) is 49.5 Å². The monoisotopic (exact) mass is 535 g/mol. The number of pyridine rings is 1. The van der Waals surface area contributed by atoms with Crippen LogP contribution in [0.5, 0.6) is 11.5 Å². The number of ether oxygens (including phenoxy) is 1. The Hall–Kier alpha value is -4.70. The van der Waals surface area contributed by atoms with Gasteiger partial charge in [0.05, 0.1) is 16.8 Å². The first-order valence-corrected chi connectivity index (χ1v) is 14.3. The molecule has 1 unspecified atom stereocenters. The summed E-state index contributed by atoms with van der Waals surface area (Å²) in [5.74, 6) is 2.04. The number of nitrogens with one attached hydrogen (secondary N) is 1. The minimum atomic E-state index is -0.493. The standard InChI is InChI=1S/C37H33N3O/c1-25-22-34(40-39-25)26-12-10-14-28(23-26)41-29-15-11-13-27(24-29)37(35-20-8-9-21-38-35)32-18-6-4-16-30(32)36(2,3)31-17-5-7-19-33(31)37/h4-24,30,32H,1-3H3,(H,39,40)/t30?,32-,37-/m1/s1. The lowest BCUT2D eigenvalue weighted by atomic mass is 9.48. The lowest BCUT2D eigenvalue weighted by molar-refractivity contribution is 0.213. The summed E-state index contributed by atoms with van der Waals surface area (Å²) in [6.45, 7) is 6.76. The summed E-state index contributed by atoms with van der Waals surface area (Å²) >= 11 is 0. The molecule has 0 fully saturated rings. The zero-order valence-corrected chi connectivity index (χ0v) is 23.6. The fraction of sp³-hybridized carbons (Fsp3) is 0.189. The molecule has 4 nitrogen and oxygen atoms in total. The van der Waals surface area contributed by atoms with Crippen LogP contribution in [-0.2, 0) is 10.8 Å². The summed E-state index contributed by atoms with van der Waals surface area (Å²) in [5, 5.41) is 7.45. The number of hydrogen-bond acceptors (Lipinski definition) is 3. The van der Waals surface area contributed by atoms with E-state index in [1.165, 1.54) is 16.7 Å². The van der Waals surface area contributed by atoms with Crippen molar-refractivity contribution in [2.45, 2.75) is 31.6 Å². The van der Waals surface area contributed by atoms with E-state index in [2.05, 4.69) is 109 Å².